The van der Waals surface area contributed by atoms with Crippen LogP contribution in [0.4, 0.5) is 11.4 Å². The smallest absolute Gasteiger partial charge is 0.274 e. The molecule has 1 fully saturated rings. The molecule has 1 aromatic carbocycles. The van der Waals surface area contributed by atoms with Crippen LogP contribution < -0.4 is 10.2 Å². The number of nitro benzene ring substituents is 1. The second-order valence-electron chi connectivity index (χ2n) is 5.17. The first-order chi connectivity index (χ1) is 10.0. The molecular formula is C14H20N4O3. The maximum absolute atomic E-state index is 12.2. The van der Waals surface area contributed by atoms with E-state index < -0.39 is 4.92 Å². The third-order valence-corrected chi connectivity index (χ3v) is 3.73. The second-order valence-corrected chi connectivity index (χ2v) is 5.17. The zero-order chi connectivity index (χ0) is 15.4. The van der Waals surface area contributed by atoms with E-state index in [4.69, 9.17) is 0 Å². The molecule has 1 saturated heterocycles. The van der Waals surface area contributed by atoms with E-state index in [0.717, 1.165) is 13.1 Å². The van der Waals surface area contributed by atoms with E-state index in [9.17, 15) is 14.9 Å². The third-order valence-electron chi connectivity index (χ3n) is 3.73. The van der Waals surface area contributed by atoms with E-state index in [-0.39, 0.29) is 18.1 Å². The summed E-state index contributed by atoms with van der Waals surface area (Å²) in [6, 6.07) is 4.92. The number of anilines is 1. The van der Waals surface area contributed by atoms with Gasteiger partial charge >= 0.3 is 0 Å². The first kappa shape index (κ1) is 15.2. The van der Waals surface area contributed by atoms with Crippen LogP contribution in [0.2, 0.25) is 0 Å². The SMILES string of the molecule is Cc1c(N(C)CC(=O)N2CCNCC2)cccc1[N+](=O)[O-]. The Labute approximate surface area is 123 Å². The number of hydrogen-bond donors (Lipinski definition) is 1. The van der Waals surface area contributed by atoms with Gasteiger partial charge in [0.1, 0.15) is 0 Å². The van der Waals surface area contributed by atoms with E-state index in [0.29, 0.717) is 24.3 Å². The van der Waals surface area contributed by atoms with E-state index in [1.54, 1.807) is 31.0 Å². The number of likely N-dealkylation sites (N-methyl/N-ethyl adjacent to an activating group) is 1. The van der Waals surface area contributed by atoms with Gasteiger partial charge in [-0.3, -0.25) is 14.9 Å². The van der Waals surface area contributed by atoms with Crippen molar-refractivity contribution in [2.24, 2.45) is 0 Å². The maximum Gasteiger partial charge on any atom is 0.274 e. The molecule has 0 aromatic heterocycles. The number of rotatable bonds is 4. The normalized spacial score (nSPS) is 14.9. The Morgan fingerprint density at radius 3 is 2.71 bits per heavy atom. The standard InChI is InChI=1S/C14H20N4O3/c1-11-12(4-3-5-13(11)18(20)21)16(2)10-14(19)17-8-6-15-7-9-17/h3-5,15H,6-10H2,1-2H3. The van der Waals surface area contributed by atoms with Crippen molar-refractivity contribution in [1.82, 2.24) is 10.2 Å². The van der Waals surface area contributed by atoms with Crippen LogP contribution in [-0.4, -0.2) is 55.5 Å². The van der Waals surface area contributed by atoms with E-state index in [1.807, 2.05) is 4.90 Å². The molecular weight excluding hydrogens is 272 g/mol. The summed E-state index contributed by atoms with van der Waals surface area (Å²) >= 11 is 0. The van der Waals surface area contributed by atoms with Crippen LogP contribution in [0.25, 0.3) is 0 Å². The predicted molar refractivity (Wildman–Crippen MR) is 80.6 cm³/mol. The van der Waals surface area contributed by atoms with Gasteiger partial charge in [-0.25, -0.2) is 0 Å². The maximum atomic E-state index is 12.2. The highest BCUT2D eigenvalue weighted by Crippen LogP contribution is 2.27. The Kier molecular flexibility index (Phi) is 4.74. The number of amides is 1. The minimum Gasteiger partial charge on any atom is -0.365 e. The molecule has 0 radical (unpaired) electrons. The summed E-state index contributed by atoms with van der Waals surface area (Å²) in [5.41, 5.74) is 1.37. The van der Waals surface area contributed by atoms with E-state index in [2.05, 4.69) is 5.32 Å². The van der Waals surface area contributed by atoms with Gasteiger partial charge in [0.2, 0.25) is 5.91 Å². The summed E-state index contributed by atoms with van der Waals surface area (Å²) in [7, 11) is 1.78. The Morgan fingerprint density at radius 1 is 1.43 bits per heavy atom. The summed E-state index contributed by atoms with van der Waals surface area (Å²) in [4.78, 5) is 26.4. The van der Waals surface area contributed by atoms with Crippen LogP contribution in [0, 0.1) is 17.0 Å². The van der Waals surface area contributed by atoms with Crippen molar-refractivity contribution in [3.63, 3.8) is 0 Å². The molecule has 114 valence electrons. The van der Waals surface area contributed by atoms with Crippen molar-refractivity contribution in [3.05, 3.63) is 33.9 Å². The number of hydrogen-bond acceptors (Lipinski definition) is 5. The highest BCUT2D eigenvalue weighted by Gasteiger charge is 2.20. The molecule has 0 atom stereocenters. The Morgan fingerprint density at radius 2 is 2.10 bits per heavy atom. The summed E-state index contributed by atoms with van der Waals surface area (Å²) in [6.07, 6.45) is 0. The van der Waals surface area contributed by atoms with Crippen molar-refractivity contribution < 1.29 is 9.72 Å². The number of carbonyl (C=O) groups is 1. The lowest BCUT2D eigenvalue weighted by molar-refractivity contribution is -0.385. The molecule has 2 rings (SSSR count). The summed E-state index contributed by atoms with van der Waals surface area (Å²) in [6.45, 7) is 4.97. The van der Waals surface area contributed by atoms with Gasteiger partial charge in [0.15, 0.2) is 0 Å². The predicted octanol–water partition coefficient (Wildman–Crippen LogP) is 0.771. The first-order valence-electron chi connectivity index (χ1n) is 6.94. The summed E-state index contributed by atoms with van der Waals surface area (Å²) in [5.74, 6) is 0.0462. The van der Waals surface area contributed by atoms with Crippen molar-refractivity contribution in [3.8, 4) is 0 Å². The molecule has 1 aliphatic rings. The van der Waals surface area contributed by atoms with Crippen LogP contribution in [0.3, 0.4) is 0 Å². The lowest BCUT2D eigenvalue weighted by Crippen LogP contribution is -2.49. The average Bonchev–Trinajstić information content (AvgIpc) is 2.47. The molecule has 0 saturated carbocycles. The van der Waals surface area contributed by atoms with Gasteiger partial charge in [-0.05, 0) is 13.0 Å². The van der Waals surface area contributed by atoms with Gasteiger partial charge in [0.05, 0.1) is 17.0 Å². The Balaban J connectivity index is 2.09. The van der Waals surface area contributed by atoms with Gasteiger partial charge in [-0.1, -0.05) is 6.07 Å². The van der Waals surface area contributed by atoms with Crippen molar-refractivity contribution in [1.29, 1.82) is 0 Å². The fraction of sp³-hybridized carbons (Fsp3) is 0.500. The molecule has 0 bridgehead atoms. The van der Waals surface area contributed by atoms with Gasteiger partial charge < -0.3 is 15.1 Å². The number of benzene rings is 1. The Bertz CT molecular complexity index is 541. The molecule has 1 heterocycles. The number of piperazine rings is 1. The quantitative estimate of drug-likeness (QED) is 0.655. The first-order valence-corrected chi connectivity index (χ1v) is 6.94. The van der Waals surface area contributed by atoms with E-state index >= 15 is 0 Å². The molecule has 1 aliphatic heterocycles. The molecule has 0 aliphatic carbocycles. The van der Waals surface area contributed by atoms with Crippen LogP contribution >= 0.6 is 0 Å². The fourth-order valence-corrected chi connectivity index (χ4v) is 2.53. The second kappa shape index (κ2) is 6.53. The molecule has 21 heavy (non-hydrogen) atoms. The third kappa shape index (κ3) is 3.49. The highest BCUT2D eigenvalue weighted by atomic mass is 16.6. The molecule has 1 aromatic rings. The number of nitro groups is 1. The molecule has 0 spiro atoms. The van der Waals surface area contributed by atoms with Crippen molar-refractivity contribution in [2.75, 3.05) is 44.7 Å². The summed E-state index contributed by atoms with van der Waals surface area (Å²) < 4.78 is 0. The van der Waals surface area contributed by atoms with Crippen molar-refractivity contribution in [2.45, 2.75) is 6.92 Å². The van der Waals surface area contributed by atoms with Gasteiger partial charge in [0, 0.05) is 45.0 Å². The molecule has 0 unspecified atom stereocenters. The minimum absolute atomic E-state index is 0.0462. The number of carbonyl (C=O) groups excluding carboxylic acids is 1. The minimum atomic E-state index is -0.398. The highest BCUT2D eigenvalue weighted by molar-refractivity contribution is 5.82. The largest absolute Gasteiger partial charge is 0.365 e. The van der Waals surface area contributed by atoms with Crippen LogP contribution in [-0.2, 0) is 4.79 Å². The molecule has 7 nitrogen and oxygen atoms in total. The van der Waals surface area contributed by atoms with Crippen LogP contribution in [0.15, 0.2) is 18.2 Å². The Hall–Kier alpha value is -2.15. The zero-order valence-corrected chi connectivity index (χ0v) is 12.3. The van der Waals surface area contributed by atoms with Gasteiger partial charge in [0.25, 0.3) is 5.69 Å². The fourth-order valence-electron chi connectivity index (χ4n) is 2.53. The average molecular weight is 292 g/mol. The zero-order valence-electron chi connectivity index (χ0n) is 12.3. The number of nitrogens with zero attached hydrogens (tertiary/aromatic N) is 3. The van der Waals surface area contributed by atoms with Crippen molar-refractivity contribution >= 4 is 17.3 Å². The van der Waals surface area contributed by atoms with Gasteiger partial charge in [-0.2, -0.15) is 0 Å². The lowest BCUT2D eigenvalue weighted by atomic mass is 10.1. The molecule has 7 heteroatoms. The molecule has 1 N–H and O–H groups in total. The van der Waals surface area contributed by atoms with Crippen LogP contribution in [0.1, 0.15) is 5.56 Å². The van der Waals surface area contributed by atoms with Crippen LogP contribution in [0.5, 0.6) is 0 Å². The lowest BCUT2D eigenvalue weighted by Gasteiger charge is -2.30. The molecule has 1 amide bonds. The van der Waals surface area contributed by atoms with Gasteiger partial charge in [-0.15, -0.1) is 0 Å². The summed E-state index contributed by atoms with van der Waals surface area (Å²) in [5, 5.41) is 14.2. The topological polar surface area (TPSA) is 78.7 Å². The number of nitrogens with one attached hydrogen (secondary N) is 1. The monoisotopic (exact) mass is 292 g/mol. The van der Waals surface area contributed by atoms with E-state index in [1.165, 1.54) is 6.07 Å².